The summed E-state index contributed by atoms with van der Waals surface area (Å²) in [5.41, 5.74) is 9.62. The quantitative estimate of drug-likeness (QED) is 0.486. The molecule has 0 spiro atoms. The summed E-state index contributed by atoms with van der Waals surface area (Å²) >= 11 is 0. The average Bonchev–Trinajstić information content (AvgIpc) is 2.66. The minimum atomic E-state index is -3.30. The molecule has 1 aromatic carbocycles. The molecule has 1 aromatic rings. The van der Waals surface area contributed by atoms with E-state index in [1.807, 2.05) is 0 Å². The van der Waals surface area contributed by atoms with Crippen molar-refractivity contribution in [1.29, 1.82) is 0 Å². The molecule has 1 saturated heterocycles. The SMILES string of the molecule is CS(=O)(=O)c1ccc(N=[N+]=[N-])cc1N1CCCCCC1. The van der Waals surface area contributed by atoms with Gasteiger partial charge in [-0.25, -0.2) is 8.42 Å². The van der Waals surface area contributed by atoms with Gasteiger partial charge in [-0.15, -0.1) is 0 Å². The van der Waals surface area contributed by atoms with Crippen LogP contribution in [0.1, 0.15) is 25.7 Å². The summed E-state index contributed by atoms with van der Waals surface area (Å²) in [6.45, 7) is 1.67. The van der Waals surface area contributed by atoms with E-state index in [2.05, 4.69) is 14.9 Å². The van der Waals surface area contributed by atoms with Crippen LogP contribution in [0.25, 0.3) is 10.4 Å². The van der Waals surface area contributed by atoms with Crippen LogP contribution < -0.4 is 4.90 Å². The van der Waals surface area contributed by atoms with Crippen LogP contribution in [0.15, 0.2) is 28.2 Å². The largest absolute Gasteiger partial charge is 0.370 e. The maximum absolute atomic E-state index is 11.9. The summed E-state index contributed by atoms with van der Waals surface area (Å²) in [5.74, 6) is 0. The molecule has 0 atom stereocenters. The Kier molecular flexibility index (Phi) is 4.52. The monoisotopic (exact) mass is 294 g/mol. The van der Waals surface area contributed by atoms with Crippen LogP contribution in [-0.2, 0) is 9.84 Å². The first-order valence-corrected chi connectivity index (χ1v) is 8.55. The predicted octanol–water partition coefficient (Wildman–Crippen LogP) is 3.41. The molecule has 0 aliphatic carbocycles. The molecule has 0 amide bonds. The topological polar surface area (TPSA) is 86.1 Å². The molecule has 0 aromatic heterocycles. The highest BCUT2D eigenvalue weighted by Gasteiger charge is 2.19. The maximum atomic E-state index is 11.9. The molecule has 20 heavy (non-hydrogen) atoms. The van der Waals surface area contributed by atoms with Crippen molar-refractivity contribution in [3.05, 3.63) is 28.6 Å². The van der Waals surface area contributed by atoms with E-state index in [0.717, 1.165) is 25.9 Å². The number of anilines is 1. The van der Waals surface area contributed by atoms with E-state index in [-0.39, 0.29) is 0 Å². The number of benzene rings is 1. The zero-order valence-corrected chi connectivity index (χ0v) is 12.3. The fourth-order valence-corrected chi connectivity index (χ4v) is 3.38. The van der Waals surface area contributed by atoms with Gasteiger partial charge in [-0.05, 0) is 30.5 Å². The molecule has 2 rings (SSSR count). The number of rotatable bonds is 3. The van der Waals surface area contributed by atoms with E-state index < -0.39 is 9.84 Å². The van der Waals surface area contributed by atoms with Gasteiger partial charge in [0.15, 0.2) is 9.84 Å². The Morgan fingerprint density at radius 1 is 1.20 bits per heavy atom. The Morgan fingerprint density at radius 3 is 2.40 bits per heavy atom. The lowest BCUT2D eigenvalue weighted by Gasteiger charge is -2.25. The molecule has 0 bridgehead atoms. The third kappa shape index (κ3) is 3.43. The fourth-order valence-electron chi connectivity index (χ4n) is 2.49. The van der Waals surface area contributed by atoms with Gasteiger partial charge in [0.05, 0.1) is 10.6 Å². The molecule has 0 unspecified atom stereocenters. The minimum absolute atomic E-state index is 0.302. The van der Waals surface area contributed by atoms with Crippen LogP contribution in [0.5, 0.6) is 0 Å². The molecule has 7 heteroatoms. The van der Waals surface area contributed by atoms with Gasteiger partial charge in [0.2, 0.25) is 0 Å². The number of sulfone groups is 1. The van der Waals surface area contributed by atoms with Gasteiger partial charge in [-0.2, -0.15) is 0 Å². The van der Waals surface area contributed by atoms with Crippen LogP contribution in [0.3, 0.4) is 0 Å². The van der Waals surface area contributed by atoms with Gasteiger partial charge in [0.1, 0.15) is 0 Å². The van der Waals surface area contributed by atoms with Crippen molar-refractivity contribution < 1.29 is 8.42 Å². The van der Waals surface area contributed by atoms with Gasteiger partial charge in [0.25, 0.3) is 0 Å². The van der Waals surface area contributed by atoms with Crippen molar-refractivity contribution in [2.45, 2.75) is 30.6 Å². The van der Waals surface area contributed by atoms with Crippen molar-refractivity contribution in [3.63, 3.8) is 0 Å². The maximum Gasteiger partial charge on any atom is 0.177 e. The summed E-state index contributed by atoms with van der Waals surface area (Å²) < 4.78 is 23.8. The first kappa shape index (κ1) is 14.7. The van der Waals surface area contributed by atoms with Gasteiger partial charge in [-0.1, -0.05) is 24.0 Å². The lowest BCUT2D eigenvalue weighted by molar-refractivity contribution is 0.601. The highest BCUT2D eigenvalue weighted by molar-refractivity contribution is 7.90. The Balaban J connectivity index is 2.50. The molecule has 1 fully saturated rings. The van der Waals surface area contributed by atoms with E-state index in [1.165, 1.54) is 31.2 Å². The van der Waals surface area contributed by atoms with Crippen LogP contribution in [0.4, 0.5) is 11.4 Å². The Morgan fingerprint density at radius 2 is 1.85 bits per heavy atom. The van der Waals surface area contributed by atoms with Gasteiger partial charge in [-0.3, -0.25) is 0 Å². The first-order chi connectivity index (χ1) is 9.52. The number of azide groups is 1. The molecule has 1 aliphatic rings. The Bertz CT molecular complexity index is 628. The Hall–Kier alpha value is -1.72. The van der Waals surface area contributed by atoms with Crippen LogP contribution in [0, 0.1) is 0 Å². The molecular formula is C13H18N4O2S. The summed E-state index contributed by atoms with van der Waals surface area (Å²) in [7, 11) is -3.30. The zero-order valence-electron chi connectivity index (χ0n) is 11.5. The standard InChI is InChI=1S/C13H18N4O2S/c1-20(18,19)13-7-6-11(15-16-14)10-12(13)17-8-4-2-3-5-9-17/h6-7,10H,2-5,8-9H2,1H3. The van der Waals surface area contributed by atoms with Crippen LogP contribution in [0.2, 0.25) is 0 Å². The minimum Gasteiger partial charge on any atom is -0.370 e. The number of nitrogens with zero attached hydrogens (tertiary/aromatic N) is 4. The summed E-state index contributed by atoms with van der Waals surface area (Å²) in [5, 5.41) is 3.57. The molecular weight excluding hydrogens is 276 g/mol. The van der Waals surface area contributed by atoms with Gasteiger partial charge < -0.3 is 4.90 Å². The summed E-state index contributed by atoms with van der Waals surface area (Å²) in [6, 6.07) is 4.73. The van der Waals surface area contributed by atoms with Crippen molar-refractivity contribution in [2.24, 2.45) is 5.11 Å². The predicted molar refractivity (Wildman–Crippen MR) is 79.0 cm³/mol. The molecule has 0 radical (unpaired) electrons. The smallest absolute Gasteiger partial charge is 0.177 e. The summed E-state index contributed by atoms with van der Waals surface area (Å²) in [6.07, 6.45) is 5.64. The van der Waals surface area contributed by atoms with Crippen LogP contribution in [-0.4, -0.2) is 27.8 Å². The third-order valence-corrected chi connectivity index (χ3v) is 4.59. The molecule has 0 saturated carbocycles. The lowest BCUT2D eigenvalue weighted by atomic mass is 10.2. The summed E-state index contributed by atoms with van der Waals surface area (Å²) in [4.78, 5) is 5.14. The van der Waals surface area contributed by atoms with Crippen LogP contribution >= 0.6 is 0 Å². The second kappa shape index (κ2) is 6.15. The molecule has 1 heterocycles. The molecule has 108 valence electrons. The van der Waals surface area contributed by atoms with E-state index >= 15 is 0 Å². The van der Waals surface area contributed by atoms with Crippen molar-refractivity contribution in [3.8, 4) is 0 Å². The second-order valence-corrected chi connectivity index (χ2v) is 7.00. The number of hydrogen-bond donors (Lipinski definition) is 0. The highest BCUT2D eigenvalue weighted by atomic mass is 32.2. The van der Waals surface area contributed by atoms with Gasteiger partial charge in [0, 0.05) is 29.9 Å². The molecule has 0 N–H and O–H groups in total. The zero-order chi connectivity index (χ0) is 14.6. The normalized spacial score (nSPS) is 16.4. The fraction of sp³-hybridized carbons (Fsp3) is 0.538. The molecule has 1 aliphatic heterocycles. The van der Waals surface area contributed by atoms with E-state index in [4.69, 9.17) is 5.53 Å². The number of hydrogen-bond acceptors (Lipinski definition) is 4. The Labute approximate surface area is 118 Å². The average molecular weight is 294 g/mol. The van der Waals surface area contributed by atoms with Crippen molar-refractivity contribution in [1.82, 2.24) is 0 Å². The molecule has 6 nitrogen and oxygen atoms in total. The second-order valence-electron chi connectivity index (χ2n) is 5.01. The highest BCUT2D eigenvalue weighted by Crippen LogP contribution is 2.31. The first-order valence-electron chi connectivity index (χ1n) is 6.66. The van der Waals surface area contributed by atoms with Crippen molar-refractivity contribution in [2.75, 3.05) is 24.2 Å². The third-order valence-electron chi connectivity index (χ3n) is 3.45. The van der Waals surface area contributed by atoms with E-state index in [0.29, 0.717) is 16.3 Å². The van der Waals surface area contributed by atoms with E-state index in [9.17, 15) is 8.42 Å². The van der Waals surface area contributed by atoms with Gasteiger partial charge >= 0.3 is 0 Å². The van der Waals surface area contributed by atoms with Crippen molar-refractivity contribution >= 4 is 21.2 Å². The lowest BCUT2D eigenvalue weighted by Crippen LogP contribution is -2.25. The van der Waals surface area contributed by atoms with E-state index in [1.54, 1.807) is 6.07 Å².